The van der Waals surface area contributed by atoms with Crippen molar-refractivity contribution < 1.29 is 4.79 Å². The molecular formula is C14H22N2O. The Balaban J connectivity index is 2.57. The minimum Gasteiger partial charge on any atom is -0.350 e. The van der Waals surface area contributed by atoms with Crippen LogP contribution in [0.1, 0.15) is 43.1 Å². The maximum absolute atomic E-state index is 11.9. The fraction of sp³-hybridized carbons (Fsp3) is 0.500. The summed E-state index contributed by atoms with van der Waals surface area (Å²) in [6.07, 6.45) is 0.993. The van der Waals surface area contributed by atoms with E-state index >= 15 is 0 Å². The van der Waals surface area contributed by atoms with Crippen molar-refractivity contribution in [1.82, 2.24) is 5.32 Å². The van der Waals surface area contributed by atoms with Gasteiger partial charge in [-0.15, -0.1) is 0 Å². The van der Waals surface area contributed by atoms with E-state index < -0.39 is 0 Å². The zero-order chi connectivity index (χ0) is 12.8. The summed E-state index contributed by atoms with van der Waals surface area (Å²) in [5.74, 6) is 0.576. The number of nitrogens with two attached hydrogens (primary N) is 1. The van der Waals surface area contributed by atoms with Crippen LogP contribution in [-0.4, -0.2) is 11.9 Å². The van der Waals surface area contributed by atoms with Gasteiger partial charge in [0.1, 0.15) is 0 Å². The number of hydrogen-bond acceptors (Lipinski definition) is 2. The molecule has 3 nitrogen and oxygen atoms in total. The number of carbonyl (C=O) groups excluding carboxylic acids is 1. The summed E-state index contributed by atoms with van der Waals surface area (Å²) in [4.78, 5) is 11.9. The highest BCUT2D eigenvalue weighted by Gasteiger charge is 2.10. The minimum absolute atomic E-state index is 0.0123. The second kappa shape index (κ2) is 6.40. The Morgan fingerprint density at radius 2 is 1.82 bits per heavy atom. The molecule has 17 heavy (non-hydrogen) atoms. The van der Waals surface area contributed by atoms with Gasteiger partial charge < -0.3 is 11.1 Å². The number of benzene rings is 1. The zero-order valence-electron chi connectivity index (χ0n) is 10.9. The molecule has 0 aliphatic rings. The molecule has 0 radical (unpaired) electrons. The largest absolute Gasteiger partial charge is 0.350 e. The highest BCUT2D eigenvalue weighted by Crippen LogP contribution is 2.07. The van der Waals surface area contributed by atoms with Gasteiger partial charge in [0, 0.05) is 18.2 Å². The van der Waals surface area contributed by atoms with E-state index in [2.05, 4.69) is 19.2 Å². The molecule has 0 heterocycles. The van der Waals surface area contributed by atoms with Gasteiger partial charge >= 0.3 is 0 Å². The van der Waals surface area contributed by atoms with Crippen molar-refractivity contribution in [2.45, 2.75) is 39.8 Å². The first-order valence-electron chi connectivity index (χ1n) is 6.12. The zero-order valence-corrected chi connectivity index (χ0v) is 10.9. The smallest absolute Gasteiger partial charge is 0.251 e. The van der Waals surface area contributed by atoms with Crippen LogP contribution in [0, 0.1) is 5.92 Å². The molecule has 1 amide bonds. The van der Waals surface area contributed by atoms with Crippen molar-refractivity contribution in [3.8, 4) is 0 Å². The standard InChI is InChI=1S/C14H22N2O/c1-10(2)8-11(3)16-14(17)13-6-4-12(9-15)5-7-13/h4-7,10-11H,8-9,15H2,1-3H3,(H,16,17). The lowest BCUT2D eigenvalue weighted by atomic mass is 10.0. The van der Waals surface area contributed by atoms with Gasteiger partial charge in [-0.3, -0.25) is 4.79 Å². The molecule has 0 bridgehead atoms. The minimum atomic E-state index is -0.0123. The fourth-order valence-corrected chi connectivity index (χ4v) is 1.87. The predicted molar refractivity (Wildman–Crippen MR) is 70.7 cm³/mol. The Hall–Kier alpha value is -1.35. The molecular weight excluding hydrogens is 212 g/mol. The molecule has 1 unspecified atom stereocenters. The van der Waals surface area contributed by atoms with Crippen LogP contribution in [-0.2, 0) is 6.54 Å². The highest BCUT2D eigenvalue weighted by molar-refractivity contribution is 5.94. The summed E-state index contributed by atoms with van der Waals surface area (Å²) in [6.45, 7) is 6.84. The molecule has 3 heteroatoms. The average molecular weight is 234 g/mol. The monoisotopic (exact) mass is 234 g/mol. The maximum Gasteiger partial charge on any atom is 0.251 e. The van der Waals surface area contributed by atoms with Gasteiger partial charge in [0.25, 0.3) is 5.91 Å². The number of rotatable bonds is 5. The summed E-state index contributed by atoms with van der Waals surface area (Å²) in [6, 6.07) is 7.63. The SMILES string of the molecule is CC(C)CC(C)NC(=O)c1ccc(CN)cc1. The predicted octanol–water partition coefficient (Wildman–Crippen LogP) is 2.31. The summed E-state index contributed by atoms with van der Waals surface area (Å²) in [5.41, 5.74) is 7.24. The molecule has 0 saturated heterocycles. The second-order valence-electron chi connectivity index (χ2n) is 4.91. The van der Waals surface area contributed by atoms with E-state index in [0.717, 1.165) is 12.0 Å². The number of amides is 1. The topological polar surface area (TPSA) is 55.1 Å². The van der Waals surface area contributed by atoms with E-state index in [1.807, 2.05) is 31.2 Å². The normalized spacial score (nSPS) is 12.5. The second-order valence-corrected chi connectivity index (χ2v) is 4.91. The van der Waals surface area contributed by atoms with Gasteiger partial charge in [-0.1, -0.05) is 26.0 Å². The summed E-state index contributed by atoms with van der Waals surface area (Å²) < 4.78 is 0. The van der Waals surface area contributed by atoms with Gasteiger partial charge in [0.2, 0.25) is 0 Å². The molecule has 1 aromatic rings. The van der Waals surface area contributed by atoms with E-state index in [9.17, 15) is 4.79 Å². The molecule has 1 rings (SSSR count). The Labute approximate surface area is 103 Å². The molecule has 0 aromatic heterocycles. The lowest BCUT2D eigenvalue weighted by molar-refractivity contribution is 0.0936. The first kappa shape index (κ1) is 13.7. The summed E-state index contributed by atoms with van der Waals surface area (Å²) >= 11 is 0. The molecule has 0 saturated carbocycles. The van der Waals surface area contributed by atoms with Crippen molar-refractivity contribution in [3.63, 3.8) is 0 Å². The maximum atomic E-state index is 11.9. The Kier molecular flexibility index (Phi) is 5.16. The number of nitrogens with one attached hydrogen (secondary N) is 1. The quantitative estimate of drug-likeness (QED) is 0.821. The molecule has 3 N–H and O–H groups in total. The van der Waals surface area contributed by atoms with Crippen LogP contribution in [0.25, 0.3) is 0 Å². The first-order valence-corrected chi connectivity index (χ1v) is 6.12. The Morgan fingerprint density at radius 3 is 2.29 bits per heavy atom. The average Bonchev–Trinajstić information content (AvgIpc) is 2.28. The molecule has 0 spiro atoms. The first-order chi connectivity index (χ1) is 8.02. The van der Waals surface area contributed by atoms with Crippen LogP contribution in [0.3, 0.4) is 0 Å². The molecule has 0 aliphatic heterocycles. The highest BCUT2D eigenvalue weighted by atomic mass is 16.1. The van der Waals surface area contributed by atoms with Crippen LogP contribution in [0.15, 0.2) is 24.3 Å². The summed E-state index contributed by atoms with van der Waals surface area (Å²) in [7, 11) is 0. The van der Waals surface area contributed by atoms with Crippen molar-refractivity contribution in [2.75, 3.05) is 0 Å². The van der Waals surface area contributed by atoms with Gasteiger partial charge in [0.15, 0.2) is 0 Å². The molecule has 1 aromatic carbocycles. The van der Waals surface area contributed by atoms with Crippen molar-refractivity contribution in [1.29, 1.82) is 0 Å². The Morgan fingerprint density at radius 1 is 1.24 bits per heavy atom. The van der Waals surface area contributed by atoms with E-state index in [0.29, 0.717) is 18.0 Å². The van der Waals surface area contributed by atoms with E-state index in [1.165, 1.54) is 0 Å². The fourth-order valence-electron chi connectivity index (χ4n) is 1.87. The van der Waals surface area contributed by atoms with E-state index in [1.54, 1.807) is 0 Å². The van der Waals surface area contributed by atoms with Crippen molar-refractivity contribution in [3.05, 3.63) is 35.4 Å². The van der Waals surface area contributed by atoms with Crippen LogP contribution in [0.2, 0.25) is 0 Å². The lowest BCUT2D eigenvalue weighted by Gasteiger charge is -2.16. The number of hydrogen-bond donors (Lipinski definition) is 2. The number of carbonyl (C=O) groups is 1. The van der Waals surface area contributed by atoms with Gasteiger partial charge in [-0.05, 0) is 37.0 Å². The van der Waals surface area contributed by atoms with Crippen LogP contribution in [0.4, 0.5) is 0 Å². The van der Waals surface area contributed by atoms with Crippen LogP contribution in [0.5, 0.6) is 0 Å². The third kappa shape index (κ3) is 4.57. The molecule has 94 valence electrons. The van der Waals surface area contributed by atoms with Gasteiger partial charge in [-0.2, -0.15) is 0 Å². The van der Waals surface area contributed by atoms with Crippen molar-refractivity contribution in [2.24, 2.45) is 11.7 Å². The van der Waals surface area contributed by atoms with Crippen LogP contribution >= 0.6 is 0 Å². The summed E-state index contributed by atoms with van der Waals surface area (Å²) in [5, 5.41) is 2.99. The van der Waals surface area contributed by atoms with E-state index in [-0.39, 0.29) is 11.9 Å². The third-order valence-electron chi connectivity index (χ3n) is 2.65. The lowest BCUT2D eigenvalue weighted by Crippen LogP contribution is -2.33. The Bertz CT molecular complexity index is 357. The van der Waals surface area contributed by atoms with Crippen LogP contribution < -0.4 is 11.1 Å². The van der Waals surface area contributed by atoms with Gasteiger partial charge in [0.05, 0.1) is 0 Å². The van der Waals surface area contributed by atoms with Crippen molar-refractivity contribution >= 4 is 5.91 Å². The van der Waals surface area contributed by atoms with Gasteiger partial charge in [-0.25, -0.2) is 0 Å². The molecule has 0 aliphatic carbocycles. The van der Waals surface area contributed by atoms with E-state index in [4.69, 9.17) is 5.73 Å². The molecule has 0 fully saturated rings. The third-order valence-corrected chi connectivity index (χ3v) is 2.65. The molecule has 1 atom stereocenters.